The molecule has 0 saturated heterocycles. The Morgan fingerprint density at radius 1 is 0.391 bits per heavy atom. The van der Waals surface area contributed by atoms with Crippen molar-refractivity contribution in [3.8, 4) is 52.1 Å². The first kappa shape index (κ1) is 37.3. The lowest BCUT2D eigenvalue weighted by atomic mass is 9.66. The number of pyridine rings is 4. The fourth-order valence-corrected chi connectivity index (χ4v) is 11.6. The maximum atomic E-state index is 10.0. The van der Waals surface area contributed by atoms with E-state index in [2.05, 4.69) is 139 Å². The van der Waals surface area contributed by atoms with E-state index in [-0.39, 0.29) is 0 Å². The molecule has 1 aliphatic heterocycles. The number of hydrogen-bond donors (Lipinski definition) is 0. The molecule has 0 fully saturated rings. The summed E-state index contributed by atoms with van der Waals surface area (Å²) >= 11 is 0. The summed E-state index contributed by atoms with van der Waals surface area (Å²) in [6, 6.07) is 56.5. The van der Waals surface area contributed by atoms with E-state index < -0.39 is 5.41 Å². The molecule has 1 unspecified atom stereocenters. The van der Waals surface area contributed by atoms with Crippen LogP contribution in [0.3, 0.4) is 0 Å². The van der Waals surface area contributed by atoms with Gasteiger partial charge in [-0.15, -0.1) is 0 Å². The Hall–Kier alpha value is -9.90. The number of fused-ring (bicyclic) bond motifs is 18. The van der Waals surface area contributed by atoms with Crippen molar-refractivity contribution in [3.05, 3.63) is 222 Å². The van der Waals surface area contributed by atoms with Crippen molar-refractivity contribution in [1.82, 2.24) is 33.6 Å². The van der Waals surface area contributed by atoms with Gasteiger partial charge in [0.1, 0.15) is 11.5 Å². The van der Waals surface area contributed by atoms with Crippen LogP contribution in [0.1, 0.15) is 33.4 Å². The van der Waals surface area contributed by atoms with Gasteiger partial charge in [-0.25, -0.2) is 0 Å². The van der Waals surface area contributed by atoms with E-state index in [0.717, 1.165) is 128 Å². The molecular formula is C59H31N9O. The second kappa shape index (κ2) is 13.6. The van der Waals surface area contributed by atoms with Crippen LogP contribution in [0.4, 0.5) is 0 Å². The monoisotopic (exact) mass is 881 g/mol. The number of para-hydroxylation sites is 3. The fraction of sp³-hybridized carbons (Fsp3) is 0.0169. The largest absolute Gasteiger partial charge is 0.457 e. The molecule has 1 spiro atoms. The van der Waals surface area contributed by atoms with Crippen molar-refractivity contribution in [2.45, 2.75) is 5.41 Å². The molecule has 69 heavy (non-hydrogen) atoms. The Morgan fingerprint density at radius 2 is 0.870 bits per heavy atom. The topological polar surface area (TPSA) is 123 Å². The van der Waals surface area contributed by atoms with E-state index in [1.165, 1.54) is 0 Å². The second-order valence-corrected chi connectivity index (χ2v) is 17.7. The molecule has 6 aromatic carbocycles. The zero-order valence-corrected chi connectivity index (χ0v) is 36.3. The molecule has 0 saturated carbocycles. The first-order valence-corrected chi connectivity index (χ1v) is 22.6. The molecule has 0 radical (unpaired) electrons. The molecule has 0 bridgehead atoms. The van der Waals surface area contributed by atoms with Gasteiger partial charge in [0.25, 0.3) is 0 Å². The standard InChI is InChI=1S/C59H31N9O/c60-28-34-13-16-51-43(23-34)44-24-35(29-61)14-17-52(44)67(51)37-26-47-57(64-30-37)58-48(27-38(31-65-58)68-50-11-5-2-8-40(50)42-20-22-63-33-54(42)68)59(47)45-9-3-6-12-55(45)69-56-18-15-36(25-46(56)59)66-49-10-4-1-7-39(49)41-19-21-62-32-53(41)66/h1-27,30-33H. The summed E-state index contributed by atoms with van der Waals surface area (Å²) in [5.41, 5.74) is 13.9. The average Bonchev–Trinajstić information content (AvgIpc) is 4.12. The highest BCUT2D eigenvalue weighted by Crippen LogP contribution is 2.62. The quantitative estimate of drug-likeness (QED) is 0.173. The summed E-state index contributed by atoms with van der Waals surface area (Å²) in [6.07, 6.45) is 11.4. The lowest BCUT2D eigenvalue weighted by Crippen LogP contribution is -2.32. The third-order valence-corrected chi connectivity index (χ3v) is 14.4. The molecule has 0 N–H and O–H groups in total. The zero-order valence-electron chi connectivity index (χ0n) is 36.3. The molecule has 8 heterocycles. The van der Waals surface area contributed by atoms with Crippen LogP contribution < -0.4 is 4.74 Å². The Morgan fingerprint density at radius 3 is 1.46 bits per heavy atom. The van der Waals surface area contributed by atoms with Crippen LogP contribution in [-0.2, 0) is 5.41 Å². The average molecular weight is 882 g/mol. The number of ether oxygens (including phenoxy) is 1. The molecule has 10 nitrogen and oxygen atoms in total. The smallest absolute Gasteiger partial charge is 0.132 e. The van der Waals surface area contributed by atoms with Crippen LogP contribution in [0.2, 0.25) is 0 Å². The highest BCUT2D eigenvalue weighted by Gasteiger charge is 2.53. The minimum absolute atomic E-state index is 0.538. The van der Waals surface area contributed by atoms with Gasteiger partial charge >= 0.3 is 0 Å². The number of rotatable bonds is 3. The number of aromatic nitrogens is 7. The molecule has 1 aliphatic carbocycles. The first-order valence-electron chi connectivity index (χ1n) is 22.6. The predicted molar refractivity (Wildman–Crippen MR) is 267 cm³/mol. The van der Waals surface area contributed by atoms with E-state index in [1.807, 2.05) is 85.7 Å². The summed E-state index contributed by atoms with van der Waals surface area (Å²) in [4.78, 5) is 20.1. The summed E-state index contributed by atoms with van der Waals surface area (Å²) in [5.74, 6) is 1.45. The molecule has 10 heteroatoms. The van der Waals surface area contributed by atoms with E-state index in [9.17, 15) is 10.5 Å². The number of nitriles is 2. The van der Waals surface area contributed by atoms with Gasteiger partial charge in [-0.05, 0) is 97.1 Å². The summed E-state index contributed by atoms with van der Waals surface area (Å²) in [6.45, 7) is 0. The number of hydrogen-bond acceptors (Lipinski definition) is 7. The maximum absolute atomic E-state index is 10.0. The third-order valence-electron chi connectivity index (χ3n) is 14.4. The number of nitrogens with zero attached hydrogens (tertiary/aromatic N) is 9. The lowest BCUT2D eigenvalue weighted by molar-refractivity contribution is 0.436. The molecule has 7 aromatic heterocycles. The van der Waals surface area contributed by atoms with Gasteiger partial charge in [-0.2, -0.15) is 10.5 Å². The maximum Gasteiger partial charge on any atom is 0.132 e. The highest BCUT2D eigenvalue weighted by molar-refractivity contribution is 6.11. The lowest BCUT2D eigenvalue weighted by Gasteiger charge is -2.39. The normalized spacial score (nSPS) is 14.5. The van der Waals surface area contributed by atoms with Crippen molar-refractivity contribution in [3.63, 3.8) is 0 Å². The Bertz CT molecular complexity index is 4350. The van der Waals surface area contributed by atoms with Crippen LogP contribution in [-0.4, -0.2) is 33.6 Å². The fourth-order valence-electron chi connectivity index (χ4n) is 11.6. The Balaban J connectivity index is 1.07. The van der Waals surface area contributed by atoms with Crippen molar-refractivity contribution < 1.29 is 4.74 Å². The predicted octanol–water partition coefficient (Wildman–Crippen LogP) is 12.8. The number of benzene rings is 6. The van der Waals surface area contributed by atoms with E-state index in [4.69, 9.17) is 14.7 Å². The molecule has 1 atom stereocenters. The van der Waals surface area contributed by atoms with Gasteiger partial charge in [-0.1, -0.05) is 54.6 Å². The van der Waals surface area contributed by atoms with Crippen LogP contribution in [0.25, 0.3) is 93.9 Å². The van der Waals surface area contributed by atoms with Crippen LogP contribution in [0, 0.1) is 22.7 Å². The Kier molecular flexibility index (Phi) is 7.35. The van der Waals surface area contributed by atoms with Crippen LogP contribution in [0.15, 0.2) is 189 Å². The summed E-state index contributed by atoms with van der Waals surface area (Å²) < 4.78 is 13.7. The molecular weight excluding hydrogens is 851 g/mol. The van der Waals surface area contributed by atoms with Crippen molar-refractivity contribution in [2.24, 2.45) is 0 Å². The van der Waals surface area contributed by atoms with E-state index in [0.29, 0.717) is 11.1 Å². The van der Waals surface area contributed by atoms with E-state index in [1.54, 1.807) is 0 Å². The SMILES string of the molecule is N#Cc1ccc2c(c1)c1cc(C#N)ccc1n2-c1cnc2c(c1)C1(c3ccccc3Oc3ccc(-n4c5ccccc5c5ccncc54)cc31)c1cc(-n3c4ccccc4c4ccncc43)cnc1-2. The van der Waals surface area contributed by atoms with Crippen molar-refractivity contribution in [1.29, 1.82) is 10.5 Å². The molecule has 318 valence electrons. The third kappa shape index (κ3) is 4.85. The van der Waals surface area contributed by atoms with Gasteiger partial charge in [0, 0.05) is 72.7 Å². The van der Waals surface area contributed by atoms with Crippen molar-refractivity contribution in [2.75, 3.05) is 0 Å². The summed E-state index contributed by atoms with van der Waals surface area (Å²) in [5, 5.41) is 26.3. The van der Waals surface area contributed by atoms with Gasteiger partial charge in [0.15, 0.2) is 0 Å². The van der Waals surface area contributed by atoms with Gasteiger partial charge in [0.05, 0.1) is 109 Å². The van der Waals surface area contributed by atoms with E-state index >= 15 is 0 Å². The molecule has 13 aromatic rings. The minimum Gasteiger partial charge on any atom is -0.457 e. The molecule has 0 amide bonds. The van der Waals surface area contributed by atoms with Gasteiger partial charge < -0.3 is 18.4 Å². The first-order chi connectivity index (χ1) is 34.1. The minimum atomic E-state index is -1.01. The van der Waals surface area contributed by atoms with Gasteiger partial charge in [-0.3, -0.25) is 19.9 Å². The zero-order chi connectivity index (χ0) is 45.5. The van der Waals surface area contributed by atoms with Crippen LogP contribution in [0.5, 0.6) is 11.5 Å². The highest BCUT2D eigenvalue weighted by atomic mass is 16.5. The molecule has 2 aliphatic rings. The Labute approximate surface area is 392 Å². The van der Waals surface area contributed by atoms with Gasteiger partial charge in [0.2, 0.25) is 0 Å². The molecule has 15 rings (SSSR count). The second-order valence-electron chi connectivity index (χ2n) is 17.7. The summed E-state index contributed by atoms with van der Waals surface area (Å²) in [7, 11) is 0. The van der Waals surface area contributed by atoms with Crippen molar-refractivity contribution >= 4 is 65.4 Å². The van der Waals surface area contributed by atoms with Crippen LogP contribution >= 0.6 is 0 Å².